The number of nitrogens with zero attached hydrogens (tertiary/aromatic N) is 2. The lowest BCUT2D eigenvalue weighted by atomic mass is 10.0. The summed E-state index contributed by atoms with van der Waals surface area (Å²) >= 11 is 5.77. The minimum atomic E-state index is -2.25. The minimum Gasteiger partial charge on any atom is -0.372 e. The highest BCUT2D eigenvalue weighted by atomic mass is 35.5. The maximum atomic E-state index is 13.4. The summed E-state index contributed by atoms with van der Waals surface area (Å²) in [6, 6.07) is 12.2. The maximum Gasteiger partial charge on any atom is 0.268 e. The highest BCUT2D eigenvalue weighted by Gasteiger charge is 2.52. The van der Waals surface area contributed by atoms with Crippen molar-refractivity contribution in [2.45, 2.75) is 18.6 Å². The van der Waals surface area contributed by atoms with Gasteiger partial charge in [0.1, 0.15) is 11.9 Å². The Kier molecular flexibility index (Phi) is 5.13. The molecule has 2 amide bonds. The third kappa shape index (κ3) is 3.63. The predicted octanol–water partition coefficient (Wildman–Crippen LogP) is 2.13. The molecule has 27 heavy (non-hydrogen) atoms. The van der Waals surface area contributed by atoms with Crippen molar-refractivity contribution in [1.29, 1.82) is 5.26 Å². The zero-order valence-electron chi connectivity index (χ0n) is 14.1. The van der Waals surface area contributed by atoms with Crippen LogP contribution in [0.1, 0.15) is 17.5 Å². The number of halogens is 2. The van der Waals surface area contributed by atoms with Crippen LogP contribution >= 0.6 is 11.6 Å². The number of aliphatic hydroxyl groups is 1. The van der Waals surface area contributed by atoms with Gasteiger partial charge in [-0.2, -0.15) is 5.26 Å². The summed E-state index contributed by atoms with van der Waals surface area (Å²) in [5.74, 6) is -2.24. The molecule has 3 rings (SSSR count). The van der Waals surface area contributed by atoms with Crippen molar-refractivity contribution in [3.63, 3.8) is 0 Å². The third-order valence-corrected chi connectivity index (χ3v) is 4.58. The standard InChI is InChI=1S/C19H15ClFN3O3/c20-14-7-12(8-15(21)9-14)11-23-17(25)19(27)5-6-24(18(19)26)16-4-2-1-3-13(16)10-22/h1-4,7-9,27H,5-6,11H2,(H,23,25)/t19-/m0/s1. The Morgan fingerprint density at radius 2 is 2.11 bits per heavy atom. The average Bonchev–Trinajstić information content (AvgIpc) is 2.95. The number of rotatable bonds is 4. The molecule has 0 spiro atoms. The van der Waals surface area contributed by atoms with Gasteiger partial charge in [0.15, 0.2) is 0 Å². The van der Waals surface area contributed by atoms with Gasteiger partial charge in [0.25, 0.3) is 11.8 Å². The molecule has 2 aromatic rings. The minimum absolute atomic E-state index is 0.0905. The van der Waals surface area contributed by atoms with Crippen LogP contribution in [0.15, 0.2) is 42.5 Å². The van der Waals surface area contributed by atoms with Crippen molar-refractivity contribution in [3.05, 3.63) is 64.4 Å². The van der Waals surface area contributed by atoms with E-state index >= 15 is 0 Å². The number of carbonyl (C=O) groups is 2. The summed E-state index contributed by atoms with van der Waals surface area (Å²) in [5.41, 5.74) is -1.25. The van der Waals surface area contributed by atoms with Crippen LogP contribution in [0.4, 0.5) is 10.1 Å². The highest BCUT2D eigenvalue weighted by Crippen LogP contribution is 2.30. The molecule has 0 aromatic heterocycles. The molecule has 1 atom stereocenters. The Morgan fingerprint density at radius 1 is 1.37 bits per heavy atom. The van der Waals surface area contributed by atoms with E-state index in [0.717, 1.165) is 6.07 Å². The highest BCUT2D eigenvalue weighted by molar-refractivity contribution is 6.30. The van der Waals surface area contributed by atoms with Crippen LogP contribution in [-0.4, -0.2) is 29.1 Å². The topological polar surface area (TPSA) is 93.4 Å². The second-order valence-corrected chi connectivity index (χ2v) is 6.59. The van der Waals surface area contributed by atoms with E-state index in [-0.39, 0.29) is 30.1 Å². The lowest BCUT2D eigenvalue weighted by Gasteiger charge is -2.22. The van der Waals surface area contributed by atoms with Crippen LogP contribution in [-0.2, 0) is 16.1 Å². The number of carbonyl (C=O) groups excluding carboxylic acids is 2. The molecule has 1 aliphatic rings. The maximum absolute atomic E-state index is 13.4. The fourth-order valence-corrected chi connectivity index (χ4v) is 3.24. The van der Waals surface area contributed by atoms with Crippen molar-refractivity contribution < 1.29 is 19.1 Å². The number of anilines is 1. The Morgan fingerprint density at radius 3 is 2.81 bits per heavy atom. The summed E-state index contributed by atoms with van der Waals surface area (Å²) in [7, 11) is 0. The Labute approximate surface area is 159 Å². The van der Waals surface area contributed by atoms with E-state index in [1.807, 2.05) is 6.07 Å². The van der Waals surface area contributed by atoms with Crippen molar-refractivity contribution in [2.24, 2.45) is 0 Å². The van der Waals surface area contributed by atoms with Gasteiger partial charge in [-0.05, 0) is 35.9 Å². The molecule has 1 aliphatic heterocycles. The van der Waals surface area contributed by atoms with Crippen LogP contribution in [0.5, 0.6) is 0 Å². The molecule has 2 N–H and O–H groups in total. The van der Waals surface area contributed by atoms with Gasteiger partial charge in [-0.3, -0.25) is 9.59 Å². The van der Waals surface area contributed by atoms with Crippen LogP contribution in [0.25, 0.3) is 0 Å². The molecule has 6 nitrogen and oxygen atoms in total. The van der Waals surface area contributed by atoms with Crippen molar-refractivity contribution >= 4 is 29.1 Å². The van der Waals surface area contributed by atoms with E-state index in [4.69, 9.17) is 11.6 Å². The van der Waals surface area contributed by atoms with E-state index in [0.29, 0.717) is 11.3 Å². The quantitative estimate of drug-likeness (QED) is 0.786. The Balaban J connectivity index is 1.75. The number of hydrogen-bond acceptors (Lipinski definition) is 4. The lowest BCUT2D eigenvalue weighted by molar-refractivity contribution is -0.149. The second kappa shape index (κ2) is 7.35. The monoisotopic (exact) mass is 387 g/mol. The Bertz CT molecular complexity index is 939. The fraction of sp³-hybridized carbons (Fsp3) is 0.211. The molecule has 0 saturated carbocycles. The van der Waals surface area contributed by atoms with E-state index in [1.165, 1.54) is 17.0 Å². The number of para-hydroxylation sites is 1. The van der Waals surface area contributed by atoms with Gasteiger partial charge in [-0.1, -0.05) is 23.7 Å². The van der Waals surface area contributed by atoms with Crippen molar-refractivity contribution in [2.75, 3.05) is 11.4 Å². The molecule has 2 aromatic carbocycles. The molecule has 0 bridgehead atoms. The largest absolute Gasteiger partial charge is 0.372 e. The zero-order valence-corrected chi connectivity index (χ0v) is 14.8. The summed E-state index contributed by atoms with van der Waals surface area (Å²) in [4.78, 5) is 26.4. The van der Waals surface area contributed by atoms with Gasteiger partial charge in [0.2, 0.25) is 5.60 Å². The summed E-state index contributed by atoms with van der Waals surface area (Å²) in [6.45, 7) is -0.00603. The van der Waals surface area contributed by atoms with Crippen LogP contribution in [0.2, 0.25) is 5.02 Å². The SMILES string of the molecule is N#Cc1ccccc1N1CC[C@](O)(C(=O)NCc2cc(F)cc(Cl)c2)C1=O. The molecule has 0 unspecified atom stereocenters. The molecule has 1 saturated heterocycles. The first kappa shape index (κ1) is 18.8. The van der Waals surface area contributed by atoms with Crippen molar-refractivity contribution in [3.8, 4) is 6.07 Å². The lowest BCUT2D eigenvalue weighted by Crippen LogP contribution is -2.52. The molecular formula is C19H15ClFN3O3. The smallest absolute Gasteiger partial charge is 0.268 e. The van der Waals surface area contributed by atoms with Crippen LogP contribution in [0, 0.1) is 17.1 Å². The average molecular weight is 388 g/mol. The second-order valence-electron chi connectivity index (χ2n) is 6.16. The van der Waals surface area contributed by atoms with Gasteiger partial charge in [-0.15, -0.1) is 0 Å². The summed E-state index contributed by atoms with van der Waals surface area (Å²) in [6.07, 6.45) is -0.124. The molecule has 0 radical (unpaired) electrons. The van der Waals surface area contributed by atoms with E-state index in [9.17, 15) is 24.3 Å². The third-order valence-electron chi connectivity index (χ3n) is 4.36. The normalized spacial score (nSPS) is 19.0. The van der Waals surface area contributed by atoms with E-state index < -0.39 is 23.2 Å². The Hall–Kier alpha value is -2.95. The van der Waals surface area contributed by atoms with Gasteiger partial charge in [-0.25, -0.2) is 4.39 Å². The molecular weight excluding hydrogens is 373 g/mol. The zero-order chi connectivity index (χ0) is 19.6. The molecule has 8 heteroatoms. The molecule has 138 valence electrons. The number of hydrogen-bond donors (Lipinski definition) is 2. The van der Waals surface area contributed by atoms with Crippen LogP contribution < -0.4 is 10.2 Å². The predicted molar refractivity (Wildman–Crippen MR) is 96.3 cm³/mol. The molecule has 1 fully saturated rings. The van der Waals surface area contributed by atoms with Crippen LogP contribution in [0.3, 0.4) is 0 Å². The summed E-state index contributed by atoms with van der Waals surface area (Å²) in [5, 5.41) is 22.4. The van der Waals surface area contributed by atoms with Gasteiger partial charge in [0.05, 0.1) is 11.3 Å². The van der Waals surface area contributed by atoms with Gasteiger partial charge in [0, 0.05) is 24.5 Å². The number of benzene rings is 2. The van der Waals surface area contributed by atoms with E-state index in [1.54, 1.807) is 24.3 Å². The van der Waals surface area contributed by atoms with Gasteiger partial charge >= 0.3 is 0 Å². The van der Waals surface area contributed by atoms with E-state index in [2.05, 4.69) is 5.32 Å². The first-order valence-electron chi connectivity index (χ1n) is 8.12. The van der Waals surface area contributed by atoms with Crippen molar-refractivity contribution in [1.82, 2.24) is 5.32 Å². The summed E-state index contributed by atoms with van der Waals surface area (Å²) < 4.78 is 13.4. The number of nitriles is 1. The number of amides is 2. The van der Waals surface area contributed by atoms with Gasteiger partial charge < -0.3 is 15.3 Å². The fourth-order valence-electron chi connectivity index (χ4n) is 2.99. The molecule has 0 aliphatic carbocycles. The number of nitrogens with one attached hydrogen (secondary N) is 1. The first-order chi connectivity index (χ1) is 12.8. The molecule has 1 heterocycles. The first-order valence-corrected chi connectivity index (χ1v) is 8.49.